The maximum Gasteiger partial charge on any atom is 0.258 e. The van der Waals surface area contributed by atoms with Crippen molar-refractivity contribution in [3.05, 3.63) is 29.8 Å². The number of ether oxygens (including phenoxy) is 1. The van der Waals surface area contributed by atoms with Crippen LogP contribution in [0.3, 0.4) is 0 Å². The summed E-state index contributed by atoms with van der Waals surface area (Å²) in [6.45, 7) is 14.1. The third-order valence-electron chi connectivity index (χ3n) is 5.39. The van der Waals surface area contributed by atoms with Crippen molar-refractivity contribution in [3.63, 3.8) is 0 Å². The molecular formula is C18H30O4SSi. The summed E-state index contributed by atoms with van der Waals surface area (Å²) in [6.07, 6.45) is 0. The summed E-state index contributed by atoms with van der Waals surface area (Å²) in [5.41, 5.74) is 2.36. The van der Waals surface area contributed by atoms with Crippen LogP contribution >= 0.6 is 0 Å². The summed E-state index contributed by atoms with van der Waals surface area (Å²) in [7, 11) is -1.98. The monoisotopic (exact) mass is 370 g/mol. The quantitative estimate of drug-likeness (QED) is 0.559. The smallest absolute Gasteiger partial charge is 0.258 e. The predicted molar refractivity (Wildman–Crippen MR) is 101 cm³/mol. The molecule has 6 heteroatoms. The molecule has 2 rings (SSSR count). The average Bonchev–Trinajstić information content (AvgIpc) is 2.43. The van der Waals surface area contributed by atoms with E-state index in [0.29, 0.717) is 29.8 Å². The summed E-state index contributed by atoms with van der Waals surface area (Å²) in [6, 6.07) is 7.70. The van der Waals surface area contributed by atoms with Gasteiger partial charge >= 0.3 is 0 Å². The van der Waals surface area contributed by atoms with Crippen molar-refractivity contribution in [2.24, 2.45) is 0 Å². The van der Waals surface area contributed by atoms with Gasteiger partial charge in [-0.3, -0.25) is 0 Å². The zero-order chi connectivity index (χ0) is 18.1. The van der Waals surface area contributed by atoms with Gasteiger partial charge < -0.3 is 13.7 Å². The second-order valence-electron chi connectivity index (χ2n) is 7.68. The van der Waals surface area contributed by atoms with Crippen LogP contribution in [0.2, 0.25) is 16.6 Å². The molecule has 1 unspecified atom stereocenters. The first-order valence-corrected chi connectivity index (χ1v) is 11.9. The molecule has 1 heterocycles. The van der Waals surface area contributed by atoms with E-state index in [9.17, 15) is 8.76 Å². The molecule has 1 aromatic carbocycles. The van der Waals surface area contributed by atoms with Crippen molar-refractivity contribution in [1.82, 2.24) is 0 Å². The van der Waals surface area contributed by atoms with Crippen LogP contribution in [0.15, 0.2) is 24.3 Å². The fourth-order valence-electron chi connectivity index (χ4n) is 4.04. The lowest BCUT2D eigenvalue weighted by molar-refractivity contribution is -0.0165. The summed E-state index contributed by atoms with van der Waals surface area (Å²) in [5.74, 6) is 0.862. The van der Waals surface area contributed by atoms with Crippen molar-refractivity contribution in [2.45, 2.75) is 62.9 Å². The second-order valence-corrected chi connectivity index (χ2v) is 14.3. The molecule has 1 saturated heterocycles. The van der Waals surface area contributed by atoms with E-state index >= 15 is 0 Å². The first-order chi connectivity index (χ1) is 11.2. The molecule has 0 aliphatic carbocycles. The van der Waals surface area contributed by atoms with Gasteiger partial charge in [-0.2, -0.15) is 0 Å². The van der Waals surface area contributed by atoms with Crippen LogP contribution in [-0.2, 0) is 20.6 Å². The minimum Gasteiger partial charge on any atom is -0.543 e. The maximum absolute atomic E-state index is 11.7. The molecule has 0 saturated carbocycles. The van der Waals surface area contributed by atoms with Gasteiger partial charge in [-0.15, -0.1) is 0 Å². The van der Waals surface area contributed by atoms with E-state index in [0.717, 1.165) is 11.3 Å². The van der Waals surface area contributed by atoms with E-state index in [4.69, 9.17) is 9.16 Å². The lowest BCUT2D eigenvalue weighted by atomic mass is 9.96. The van der Waals surface area contributed by atoms with Gasteiger partial charge in [0.15, 0.2) is 11.1 Å². The van der Waals surface area contributed by atoms with Crippen LogP contribution in [0.1, 0.15) is 47.1 Å². The van der Waals surface area contributed by atoms with Gasteiger partial charge in [-0.25, -0.2) is 4.21 Å². The van der Waals surface area contributed by atoms with E-state index in [1.165, 1.54) is 0 Å². The molecule has 0 bridgehead atoms. The highest BCUT2D eigenvalue weighted by molar-refractivity contribution is 7.80. The topological polar surface area (TPSA) is 55.8 Å². The Labute approximate surface area is 149 Å². The van der Waals surface area contributed by atoms with Crippen LogP contribution in [0.25, 0.3) is 0 Å². The van der Waals surface area contributed by atoms with E-state index in [1.54, 1.807) is 0 Å². The Bertz CT molecular complexity index is 557. The van der Waals surface area contributed by atoms with Gasteiger partial charge in [-0.05, 0) is 34.3 Å². The third-order valence-corrected chi connectivity index (χ3v) is 12.5. The van der Waals surface area contributed by atoms with Gasteiger partial charge in [0.25, 0.3) is 8.32 Å². The number of benzene rings is 1. The summed E-state index contributed by atoms with van der Waals surface area (Å²) < 4.78 is 32.4. The average molecular weight is 371 g/mol. The number of hydrogen-bond acceptors (Lipinski definition) is 3. The zero-order valence-electron chi connectivity index (χ0n) is 15.5. The Balaban J connectivity index is 2.29. The van der Waals surface area contributed by atoms with Crippen LogP contribution in [0, 0.1) is 0 Å². The molecule has 1 aliphatic heterocycles. The molecule has 0 aromatic heterocycles. The normalized spacial score (nSPS) is 18.8. The Hall–Kier alpha value is -0.693. The molecule has 0 spiro atoms. The fraction of sp³-hybridized carbons (Fsp3) is 0.667. The van der Waals surface area contributed by atoms with Gasteiger partial charge in [0.1, 0.15) is 10.5 Å². The Morgan fingerprint density at radius 1 is 1.04 bits per heavy atom. The predicted octanol–water partition coefficient (Wildman–Crippen LogP) is 4.69. The van der Waals surface area contributed by atoms with Crippen LogP contribution in [-0.4, -0.2) is 30.3 Å². The summed E-state index contributed by atoms with van der Waals surface area (Å²) in [4.78, 5) is 0. The highest BCUT2D eigenvalue weighted by atomic mass is 32.2. The van der Waals surface area contributed by atoms with Gasteiger partial charge in [0.05, 0.1) is 13.2 Å². The van der Waals surface area contributed by atoms with E-state index in [1.807, 2.05) is 24.3 Å². The molecular weight excluding hydrogens is 340 g/mol. The lowest BCUT2D eigenvalue weighted by Gasteiger charge is -2.42. The van der Waals surface area contributed by atoms with Crippen LogP contribution < -0.4 is 4.43 Å². The minimum atomic E-state index is -1.98. The molecule has 1 aromatic rings. The highest BCUT2D eigenvalue weighted by Gasteiger charge is 2.48. The first kappa shape index (κ1) is 19.6. The van der Waals surface area contributed by atoms with E-state index < -0.39 is 24.1 Å². The Morgan fingerprint density at radius 2 is 1.50 bits per heavy atom. The molecule has 4 nitrogen and oxygen atoms in total. The van der Waals surface area contributed by atoms with E-state index in [2.05, 4.69) is 41.5 Å². The largest absolute Gasteiger partial charge is 0.543 e. The zero-order valence-corrected chi connectivity index (χ0v) is 17.4. The third kappa shape index (κ3) is 3.21. The fourth-order valence-corrected chi connectivity index (χ4v) is 10.00. The minimum absolute atomic E-state index is 0.291. The maximum atomic E-state index is 11.7. The van der Waals surface area contributed by atoms with Crippen molar-refractivity contribution in [2.75, 3.05) is 13.2 Å². The van der Waals surface area contributed by atoms with Crippen molar-refractivity contribution in [3.8, 4) is 5.75 Å². The van der Waals surface area contributed by atoms with Crippen LogP contribution in [0.5, 0.6) is 5.75 Å². The molecule has 136 valence electrons. The molecule has 1 fully saturated rings. The molecule has 0 radical (unpaired) electrons. The molecule has 0 amide bonds. The molecule has 24 heavy (non-hydrogen) atoms. The SMILES string of the molecule is CC(C)[Si](Oc1ccc(C2(S(=O)O)COC2)cc1)(C(C)C)C(C)C. The second kappa shape index (κ2) is 7.28. The van der Waals surface area contributed by atoms with Crippen molar-refractivity contribution >= 4 is 19.4 Å². The Kier molecular flexibility index (Phi) is 5.95. The highest BCUT2D eigenvalue weighted by Crippen LogP contribution is 2.43. The summed E-state index contributed by atoms with van der Waals surface area (Å²) in [5, 5.41) is 0. The first-order valence-electron chi connectivity index (χ1n) is 8.65. The van der Waals surface area contributed by atoms with E-state index in [-0.39, 0.29) is 0 Å². The van der Waals surface area contributed by atoms with Gasteiger partial charge in [0.2, 0.25) is 0 Å². The molecule has 1 aliphatic rings. The molecule has 1 N–H and O–H groups in total. The van der Waals surface area contributed by atoms with Crippen LogP contribution in [0.4, 0.5) is 0 Å². The van der Waals surface area contributed by atoms with Crippen molar-refractivity contribution < 1.29 is 17.9 Å². The Morgan fingerprint density at radius 3 is 1.79 bits per heavy atom. The number of hydrogen-bond donors (Lipinski definition) is 1. The van der Waals surface area contributed by atoms with Gasteiger partial charge in [0, 0.05) is 0 Å². The number of rotatable bonds is 7. The van der Waals surface area contributed by atoms with Crippen molar-refractivity contribution in [1.29, 1.82) is 0 Å². The standard InChI is InChI=1S/C18H30O4SSi/c1-13(2)24(14(3)4,15(5)6)22-17-9-7-16(8-10-17)18(23(19)20)11-21-12-18/h7-10,13-15H,11-12H2,1-6H3,(H,19,20). The molecule has 1 atom stereocenters. The van der Waals surface area contributed by atoms with Gasteiger partial charge in [-0.1, -0.05) is 53.7 Å². The lowest BCUT2D eigenvalue weighted by Crippen LogP contribution is -2.51. The summed E-state index contributed by atoms with van der Waals surface area (Å²) >= 11 is -1.94.